The van der Waals surface area contributed by atoms with Crippen molar-refractivity contribution in [2.45, 2.75) is 12.8 Å². The van der Waals surface area contributed by atoms with Crippen molar-refractivity contribution in [2.75, 3.05) is 0 Å². The zero-order chi connectivity index (χ0) is 17.9. The normalized spacial score (nSPS) is 16.6. The number of nitrogens with zero attached hydrogens (tertiary/aromatic N) is 4. The van der Waals surface area contributed by atoms with E-state index in [1.807, 2.05) is 23.1 Å². The monoisotopic (exact) mass is 349 g/mol. The molecule has 3 aromatic rings. The van der Waals surface area contributed by atoms with E-state index in [1.54, 1.807) is 41.6 Å². The van der Waals surface area contributed by atoms with E-state index < -0.39 is 6.29 Å². The van der Waals surface area contributed by atoms with Gasteiger partial charge in [0.05, 0.1) is 5.69 Å². The molecule has 7 heteroatoms. The van der Waals surface area contributed by atoms with Crippen molar-refractivity contribution in [3.8, 4) is 11.3 Å². The van der Waals surface area contributed by atoms with Crippen LogP contribution in [0.15, 0.2) is 73.3 Å². The largest absolute Gasteiger partial charge is 0.335 e. The van der Waals surface area contributed by atoms with Gasteiger partial charge in [0.25, 0.3) is 0 Å². The van der Waals surface area contributed by atoms with Gasteiger partial charge in [0, 0.05) is 43.0 Å². The van der Waals surface area contributed by atoms with Crippen LogP contribution in [-0.4, -0.2) is 25.6 Å². The molecule has 1 aliphatic heterocycles. The molecule has 1 aliphatic rings. The number of hydrogen-bond donors (Lipinski definition) is 1. The molecule has 1 aromatic carbocycles. The summed E-state index contributed by atoms with van der Waals surface area (Å²) in [4.78, 5) is 18.1. The number of benzene rings is 1. The second-order valence-electron chi connectivity index (χ2n) is 5.92. The van der Waals surface area contributed by atoms with Gasteiger partial charge < -0.3 is 10.2 Å². The van der Waals surface area contributed by atoms with Gasteiger partial charge >= 0.3 is 0 Å². The van der Waals surface area contributed by atoms with Crippen LogP contribution in [0.3, 0.4) is 0 Å². The van der Waals surface area contributed by atoms with Crippen LogP contribution in [0.1, 0.15) is 11.9 Å². The van der Waals surface area contributed by atoms with Gasteiger partial charge in [0.2, 0.25) is 12.2 Å². The van der Waals surface area contributed by atoms with Crippen LogP contribution in [0.25, 0.3) is 11.3 Å². The SMILES string of the molecule is O=C1C=CN(Cc2ccc(-c3cccc(F)c3)nc2)C(n2cccn2)N1. The van der Waals surface area contributed by atoms with E-state index in [4.69, 9.17) is 0 Å². The maximum absolute atomic E-state index is 13.4. The highest BCUT2D eigenvalue weighted by Crippen LogP contribution is 2.21. The average molecular weight is 349 g/mol. The van der Waals surface area contributed by atoms with E-state index in [0.717, 1.165) is 11.1 Å². The lowest BCUT2D eigenvalue weighted by Crippen LogP contribution is -2.44. The van der Waals surface area contributed by atoms with Crippen molar-refractivity contribution in [3.05, 3.63) is 84.7 Å². The van der Waals surface area contributed by atoms with Crippen molar-refractivity contribution in [1.29, 1.82) is 0 Å². The fourth-order valence-corrected chi connectivity index (χ4v) is 2.83. The van der Waals surface area contributed by atoms with Gasteiger partial charge in [0.1, 0.15) is 5.82 Å². The Morgan fingerprint density at radius 1 is 1.19 bits per heavy atom. The Morgan fingerprint density at radius 3 is 2.85 bits per heavy atom. The molecule has 0 spiro atoms. The van der Waals surface area contributed by atoms with Gasteiger partial charge in [-0.3, -0.25) is 9.78 Å². The van der Waals surface area contributed by atoms with Crippen molar-refractivity contribution in [3.63, 3.8) is 0 Å². The summed E-state index contributed by atoms with van der Waals surface area (Å²) in [5, 5.41) is 7.07. The molecule has 1 unspecified atom stereocenters. The van der Waals surface area contributed by atoms with Gasteiger partial charge in [-0.1, -0.05) is 18.2 Å². The van der Waals surface area contributed by atoms with Gasteiger partial charge in [0.15, 0.2) is 0 Å². The van der Waals surface area contributed by atoms with Gasteiger partial charge in [-0.15, -0.1) is 0 Å². The van der Waals surface area contributed by atoms with Gasteiger partial charge in [-0.05, 0) is 29.8 Å². The summed E-state index contributed by atoms with van der Waals surface area (Å²) in [6.45, 7) is 0.539. The summed E-state index contributed by atoms with van der Waals surface area (Å²) in [7, 11) is 0. The van der Waals surface area contributed by atoms with E-state index in [9.17, 15) is 9.18 Å². The molecule has 6 nitrogen and oxygen atoms in total. The zero-order valence-electron chi connectivity index (χ0n) is 13.8. The fourth-order valence-electron chi connectivity index (χ4n) is 2.83. The Kier molecular flexibility index (Phi) is 4.18. The highest BCUT2D eigenvalue weighted by atomic mass is 19.1. The molecule has 1 amide bonds. The summed E-state index contributed by atoms with van der Waals surface area (Å²) < 4.78 is 15.0. The summed E-state index contributed by atoms with van der Waals surface area (Å²) in [5.41, 5.74) is 2.40. The van der Waals surface area contributed by atoms with Crippen LogP contribution in [0, 0.1) is 5.82 Å². The predicted octanol–water partition coefficient (Wildman–Crippen LogP) is 2.69. The first kappa shape index (κ1) is 16.0. The fraction of sp³-hybridized carbons (Fsp3) is 0.105. The van der Waals surface area contributed by atoms with Crippen molar-refractivity contribution >= 4 is 5.91 Å². The van der Waals surface area contributed by atoms with E-state index >= 15 is 0 Å². The molecule has 2 aromatic heterocycles. The standard InChI is InChI=1S/C19H16FN5O/c20-16-4-1-3-15(11-16)17-6-5-14(12-21-17)13-24-10-7-18(26)23-19(24)25-9-2-8-22-25/h1-12,19H,13H2,(H,23,26). The molecule has 26 heavy (non-hydrogen) atoms. The summed E-state index contributed by atoms with van der Waals surface area (Å²) in [5.74, 6) is -0.453. The number of pyridine rings is 1. The second kappa shape index (κ2) is 6.79. The Morgan fingerprint density at radius 2 is 2.12 bits per heavy atom. The van der Waals surface area contributed by atoms with Gasteiger partial charge in [-0.25, -0.2) is 9.07 Å². The number of amides is 1. The lowest BCUT2D eigenvalue weighted by atomic mass is 10.1. The highest BCUT2D eigenvalue weighted by Gasteiger charge is 2.23. The molecule has 0 radical (unpaired) electrons. The zero-order valence-corrected chi connectivity index (χ0v) is 13.8. The highest BCUT2D eigenvalue weighted by molar-refractivity contribution is 5.88. The third-order valence-electron chi connectivity index (χ3n) is 4.09. The van der Waals surface area contributed by atoms with Crippen LogP contribution in [0.2, 0.25) is 0 Å². The van der Waals surface area contributed by atoms with E-state index in [0.29, 0.717) is 12.2 Å². The maximum atomic E-state index is 13.4. The lowest BCUT2D eigenvalue weighted by molar-refractivity contribution is -0.120. The number of nitrogens with one attached hydrogen (secondary N) is 1. The maximum Gasteiger partial charge on any atom is 0.248 e. The summed E-state index contributed by atoms with van der Waals surface area (Å²) in [6.07, 6.45) is 8.04. The number of carbonyl (C=O) groups excluding carboxylic acids is 1. The van der Waals surface area contributed by atoms with Gasteiger partial charge in [-0.2, -0.15) is 5.10 Å². The number of rotatable bonds is 4. The number of hydrogen-bond acceptors (Lipinski definition) is 4. The Bertz CT molecular complexity index is 937. The van der Waals surface area contributed by atoms with E-state index in [-0.39, 0.29) is 11.7 Å². The molecule has 4 rings (SSSR count). The number of aromatic nitrogens is 3. The van der Waals surface area contributed by atoms with Crippen molar-refractivity contribution in [2.24, 2.45) is 0 Å². The quantitative estimate of drug-likeness (QED) is 0.787. The van der Waals surface area contributed by atoms with Crippen LogP contribution >= 0.6 is 0 Å². The summed E-state index contributed by atoms with van der Waals surface area (Å²) >= 11 is 0. The Hall–Kier alpha value is -3.48. The topological polar surface area (TPSA) is 63.1 Å². The molecular weight excluding hydrogens is 333 g/mol. The molecule has 0 fully saturated rings. The molecule has 130 valence electrons. The predicted molar refractivity (Wildman–Crippen MR) is 93.7 cm³/mol. The molecule has 1 atom stereocenters. The van der Waals surface area contributed by atoms with E-state index in [2.05, 4.69) is 15.4 Å². The molecule has 1 N–H and O–H groups in total. The Balaban J connectivity index is 1.54. The van der Waals surface area contributed by atoms with Crippen LogP contribution in [-0.2, 0) is 11.3 Å². The minimum Gasteiger partial charge on any atom is -0.335 e. The molecule has 0 aliphatic carbocycles. The average Bonchev–Trinajstić information content (AvgIpc) is 3.18. The molecule has 0 saturated heterocycles. The third kappa shape index (κ3) is 3.32. The first-order valence-corrected chi connectivity index (χ1v) is 8.13. The molecule has 0 saturated carbocycles. The second-order valence-corrected chi connectivity index (χ2v) is 5.92. The van der Waals surface area contributed by atoms with Crippen LogP contribution < -0.4 is 5.32 Å². The van der Waals surface area contributed by atoms with E-state index in [1.165, 1.54) is 18.2 Å². The number of carbonyl (C=O) groups is 1. The van der Waals surface area contributed by atoms with Crippen molar-refractivity contribution in [1.82, 2.24) is 25.0 Å². The Labute approximate surface area is 149 Å². The van der Waals surface area contributed by atoms with Crippen LogP contribution in [0.5, 0.6) is 0 Å². The van der Waals surface area contributed by atoms with Crippen molar-refractivity contribution < 1.29 is 9.18 Å². The number of halogens is 1. The van der Waals surface area contributed by atoms with Crippen LogP contribution in [0.4, 0.5) is 4.39 Å². The minimum atomic E-state index is -0.398. The first-order valence-electron chi connectivity index (χ1n) is 8.13. The molecular formula is C19H16FN5O. The smallest absolute Gasteiger partial charge is 0.248 e. The first-order chi connectivity index (χ1) is 12.7. The summed E-state index contributed by atoms with van der Waals surface area (Å²) in [6, 6.07) is 12.0. The third-order valence-corrected chi connectivity index (χ3v) is 4.09. The lowest BCUT2D eigenvalue weighted by Gasteiger charge is -2.33. The molecule has 0 bridgehead atoms. The molecule has 3 heterocycles. The minimum absolute atomic E-state index is 0.165.